The zero-order valence-corrected chi connectivity index (χ0v) is 62.3. The van der Waals surface area contributed by atoms with Gasteiger partial charge in [0.1, 0.15) is 77.8 Å². The molecule has 0 aliphatic carbocycles. The van der Waals surface area contributed by atoms with Crippen LogP contribution in [0.2, 0.25) is 0 Å². The van der Waals surface area contributed by atoms with Crippen molar-refractivity contribution in [3.05, 3.63) is 0 Å². The molecule has 0 amide bonds. The Morgan fingerprint density at radius 2 is 0.819 bits per heavy atom. The van der Waals surface area contributed by atoms with E-state index in [4.69, 9.17) is 117 Å². The summed E-state index contributed by atoms with van der Waals surface area (Å²) in [5, 5.41) is 108. The number of alkyl halides is 7. The molecular weight excluding hydrogens is 1440 g/mol. The second-order valence-corrected chi connectivity index (χ2v) is 26.1. The van der Waals surface area contributed by atoms with Gasteiger partial charge in [-0.25, -0.2) is 30.7 Å². The number of ketones is 1. The molecule has 12 N–H and O–H groups in total. The number of Topliss-reactive ketones (excluding diaryl/α,β-unsaturated/α-hetero) is 1. The molecule has 10 rings (SSSR count). The average Bonchev–Trinajstić information content (AvgIpc) is 1.61. The number of aliphatic hydroxyl groups excluding tert-OH is 9. The molecule has 0 radical (unpaired) electrons. The summed E-state index contributed by atoms with van der Waals surface area (Å²) in [6.07, 6.45) is -26.0. The Morgan fingerprint density at radius 1 is 0.410 bits per heavy atom. The zero-order chi connectivity index (χ0) is 80.7. The lowest BCUT2D eigenvalue weighted by molar-refractivity contribution is -0.215. The van der Waals surface area contributed by atoms with Gasteiger partial charge in [0, 0.05) is 56.5 Å². The molecule has 10 aliphatic rings. The van der Waals surface area contributed by atoms with Crippen molar-refractivity contribution in [2.24, 2.45) is 0 Å². The molecule has 0 aromatic carbocycles. The summed E-state index contributed by atoms with van der Waals surface area (Å²) < 4.78 is 181. The number of epoxide rings is 1. The van der Waals surface area contributed by atoms with E-state index in [1.165, 1.54) is 77.1 Å². The lowest BCUT2D eigenvalue weighted by Gasteiger charge is -2.29. The first-order valence-corrected chi connectivity index (χ1v) is 34.1. The molecule has 0 spiro atoms. The van der Waals surface area contributed by atoms with Crippen molar-refractivity contribution in [2.75, 3.05) is 69.1 Å². The zero-order valence-electron chi connectivity index (χ0n) is 62.3. The van der Waals surface area contributed by atoms with Crippen molar-refractivity contribution in [1.29, 1.82) is 0 Å². The van der Waals surface area contributed by atoms with E-state index < -0.39 is 213 Å². The van der Waals surface area contributed by atoms with Crippen LogP contribution in [0.3, 0.4) is 0 Å². The quantitative estimate of drug-likeness (QED) is 0.0502. The summed E-state index contributed by atoms with van der Waals surface area (Å²) in [5.74, 6) is -1.86. The molecule has 0 aromatic heterocycles. The number of aliphatic hydroxyl groups is 12. The Hall–Kier alpha value is -3.00. The van der Waals surface area contributed by atoms with Crippen LogP contribution >= 0.6 is 0 Å². The Kier molecular flexibility index (Phi) is 41.9. The molecule has 0 aromatic rings. The molecule has 105 heavy (non-hydrogen) atoms. The normalized spacial score (nSPS) is 45.2. The van der Waals surface area contributed by atoms with Crippen LogP contribution in [0, 0.1) is 0 Å². The smallest absolute Gasteiger partial charge is 0.305 e. The van der Waals surface area contributed by atoms with E-state index in [0.717, 1.165) is 0 Å². The third-order valence-corrected chi connectivity index (χ3v) is 18.3. The highest BCUT2D eigenvalue weighted by Gasteiger charge is 2.60. The highest BCUT2D eigenvalue weighted by atomic mass is 19.2. The Bertz CT molecular complexity index is 2300. The molecule has 40 heteroatoms. The van der Waals surface area contributed by atoms with Crippen LogP contribution in [0.4, 0.5) is 30.7 Å². The van der Waals surface area contributed by atoms with E-state index in [9.17, 15) is 60.4 Å². The summed E-state index contributed by atoms with van der Waals surface area (Å²) in [6, 6.07) is 0. The van der Waals surface area contributed by atoms with Crippen LogP contribution in [-0.4, -0.2) is 362 Å². The largest absolute Gasteiger partial charge is 0.450 e. The standard InChI is InChI=1S/C11H17FO5.C8H15FO3.3C7H13FO3.C7H11FO3.C6H11FO4.C6H12O5.C6H10O4/c1-5-8-9(12)11(4,17-7(3)14)10(16-8)15-6(2)13;1-4-5-6(9)8(2,10)7(11-3)12-5;1-4-7(2,10)6(8)5(3-9)11-4;1-3-4-5(8)7(2,10)6(9)11-4;2*1-3-4-5(8)6(9)7(10-2)11-4;1-10-6-5(9)4(7)3(2-8)11-6;1-10-6-5(9)4(8)3(2-7)11-6;1-8-6-5-4(10-5)3(2-7)9-6/h8-10H,5H2,1-4H3;5-7,10H,4H2,1-3H3;2*4-6,9-10H,3H2,1-2H3;4-7,9H,3H2,1-2H3;4-5,7H,3H2,1-2H3;3-6,8-9H,2H2,1H3;3-9H,2H2,1H3;3-7H,2H2,1H3/t8-,9+,10?,11?;5-,6+,7+,8?;4-,5+,6-,7?;4-,5+,6?,7?;4-,5+,6?,7+;4-,5+,7+;2*3-,4+,5?,6+;3-,4-,5?,6+/m110111111/s1. The van der Waals surface area contributed by atoms with Gasteiger partial charge in [-0.2, -0.15) is 0 Å². The van der Waals surface area contributed by atoms with Crippen LogP contribution in [0.25, 0.3) is 0 Å². The van der Waals surface area contributed by atoms with E-state index in [1.807, 2.05) is 13.8 Å². The maximum atomic E-state index is 14.1. The van der Waals surface area contributed by atoms with Crippen molar-refractivity contribution in [3.8, 4) is 0 Å². The van der Waals surface area contributed by atoms with E-state index in [2.05, 4.69) is 14.2 Å². The van der Waals surface area contributed by atoms with Gasteiger partial charge >= 0.3 is 11.9 Å². The summed E-state index contributed by atoms with van der Waals surface area (Å²) in [5.41, 5.74) is -6.32. The molecule has 10 fully saturated rings. The summed E-state index contributed by atoms with van der Waals surface area (Å²) in [7, 11) is 8.35. The highest BCUT2D eigenvalue weighted by Crippen LogP contribution is 2.41. The third-order valence-electron chi connectivity index (χ3n) is 18.3. The first kappa shape index (κ1) is 98.1. The number of carbonyl (C=O) groups excluding carboxylic acids is 3. The fourth-order valence-corrected chi connectivity index (χ4v) is 11.4. The minimum atomic E-state index is -1.75. The van der Waals surface area contributed by atoms with Gasteiger partial charge in [-0.3, -0.25) is 14.4 Å². The molecule has 10 aliphatic heterocycles. The van der Waals surface area contributed by atoms with Crippen molar-refractivity contribution >= 4 is 17.7 Å². The summed E-state index contributed by atoms with van der Waals surface area (Å²) in [4.78, 5) is 32.8. The van der Waals surface area contributed by atoms with Crippen LogP contribution in [0.1, 0.15) is 115 Å². The van der Waals surface area contributed by atoms with Gasteiger partial charge in [0.05, 0.1) is 63.1 Å². The van der Waals surface area contributed by atoms with Gasteiger partial charge in [0.15, 0.2) is 80.9 Å². The van der Waals surface area contributed by atoms with Gasteiger partial charge in [-0.05, 0) is 66.7 Å². The second-order valence-electron chi connectivity index (χ2n) is 26.1. The number of esters is 2. The third kappa shape index (κ3) is 25.2. The van der Waals surface area contributed by atoms with Crippen molar-refractivity contribution in [2.45, 2.75) is 329 Å². The van der Waals surface area contributed by atoms with E-state index in [-0.39, 0.29) is 44.4 Å². The van der Waals surface area contributed by atoms with Crippen molar-refractivity contribution < 1.29 is 192 Å². The number of fused-ring (bicyclic) bond motifs is 1. The van der Waals surface area contributed by atoms with E-state index >= 15 is 0 Å². The molecule has 10 saturated heterocycles. The van der Waals surface area contributed by atoms with Gasteiger partial charge in [-0.15, -0.1) is 0 Å². The van der Waals surface area contributed by atoms with Crippen LogP contribution in [-0.2, 0) is 99.6 Å². The topological polar surface area (TPSA) is 463 Å². The van der Waals surface area contributed by atoms with Crippen molar-refractivity contribution in [1.82, 2.24) is 0 Å². The molecule has 0 saturated carbocycles. The predicted octanol–water partition coefficient (Wildman–Crippen LogP) is -0.361. The molecule has 10 unspecified atom stereocenters. The first-order valence-electron chi connectivity index (χ1n) is 34.1. The monoisotopic (exact) mass is 1560 g/mol. The Morgan fingerprint density at radius 3 is 1.10 bits per heavy atom. The van der Waals surface area contributed by atoms with Gasteiger partial charge in [0.25, 0.3) is 0 Å². The highest BCUT2D eigenvalue weighted by molar-refractivity contribution is 5.88. The van der Waals surface area contributed by atoms with Gasteiger partial charge in [0.2, 0.25) is 24.0 Å². The molecule has 0 bridgehead atoms. The molecular formula is C65H115F7O33. The maximum Gasteiger partial charge on any atom is 0.305 e. The van der Waals surface area contributed by atoms with Crippen LogP contribution in [0.15, 0.2) is 0 Å². The molecule has 622 valence electrons. The number of hydrogen-bond donors (Lipinski definition) is 12. The number of methoxy groups -OCH3 is 6. The molecule has 35 atom stereocenters. The summed E-state index contributed by atoms with van der Waals surface area (Å²) >= 11 is 0. The van der Waals surface area contributed by atoms with E-state index in [1.54, 1.807) is 34.8 Å². The lowest BCUT2D eigenvalue weighted by atomic mass is 9.95. The number of rotatable bonds is 17. The van der Waals surface area contributed by atoms with Crippen LogP contribution < -0.4 is 0 Å². The first-order chi connectivity index (χ1) is 49.0. The number of halogens is 7. The average molecular weight is 1560 g/mol. The van der Waals surface area contributed by atoms with Gasteiger partial charge in [-0.1, -0.05) is 34.6 Å². The lowest BCUT2D eigenvalue weighted by Crippen LogP contribution is -2.48. The van der Waals surface area contributed by atoms with E-state index in [0.29, 0.717) is 32.1 Å². The summed E-state index contributed by atoms with van der Waals surface area (Å²) in [6.45, 7) is 17.0. The van der Waals surface area contributed by atoms with Crippen molar-refractivity contribution in [3.63, 3.8) is 0 Å². The minimum absolute atomic E-state index is 0.0149. The number of ether oxygens (including phenoxy) is 18. The predicted molar refractivity (Wildman–Crippen MR) is 343 cm³/mol. The Labute approximate surface area is 605 Å². The number of carbonyl (C=O) groups is 3. The number of hydrogen-bond acceptors (Lipinski definition) is 33. The fraction of sp³-hybridized carbons (Fsp3) is 0.954. The Balaban J connectivity index is 0.000000403. The minimum Gasteiger partial charge on any atom is -0.450 e. The maximum absolute atomic E-state index is 14.1. The van der Waals surface area contributed by atoms with Crippen LogP contribution in [0.5, 0.6) is 0 Å². The fourth-order valence-electron chi connectivity index (χ4n) is 11.4. The second kappa shape index (κ2) is 44.9. The molecule has 33 nitrogen and oxygen atoms in total. The SMILES string of the molecule is CC[C@H]1OC(O)C(C)(O)[C@H]1F.CC[C@H]1OC(OC(C)=O)C(C)(OC(C)=O)[C@H]1F.CC[C@H]1O[C@H](OC)C(=O)[C@H]1F.CC[C@H]1O[C@H](OC)C(C)(O)[C@H]1F.CC[C@H]1O[C@H](OC)C(O)[C@H]1F.CO[C@H]1O[C@H](CO)[C@H](F)C1O.CO[C@H]1O[C@H](CO)[C@H](O)C1O.CO[C@H]1O[C@H](CO)[C@H]2OC12.C[C@@H]1O[C@H](CO)[C@H](F)C1(C)O. The molecule has 10 heterocycles. The van der Waals surface area contributed by atoms with Gasteiger partial charge < -0.3 is 147 Å².